The first-order valence-electron chi connectivity index (χ1n) is 12.5. The Bertz CT molecular complexity index is 1320. The summed E-state index contributed by atoms with van der Waals surface area (Å²) in [7, 11) is 0. The summed E-state index contributed by atoms with van der Waals surface area (Å²) in [5.41, 5.74) is 6.23. The lowest BCUT2D eigenvalue weighted by molar-refractivity contribution is -0.141. The van der Waals surface area contributed by atoms with Gasteiger partial charge in [0.15, 0.2) is 0 Å². The number of anilines is 2. The topological polar surface area (TPSA) is 111 Å². The van der Waals surface area contributed by atoms with E-state index in [9.17, 15) is 19.5 Å². The number of carbonyl (C=O) groups excluding carboxylic acids is 2. The van der Waals surface area contributed by atoms with Gasteiger partial charge in [-0.3, -0.25) is 14.4 Å². The Labute approximate surface area is 215 Å². The Morgan fingerprint density at radius 2 is 1.84 bits per heavy atom. The largest absolute Gasteiger partial charge is 0.481 e. The first-order chi connectivity index (χ1) is 18.0. The van der Waals surface area contributed by atoms with Crippen LogP contribution in [0.2, 0.25) is 0 Å². The second-order valence-electron chi connectivity index (χ2n) is 9.53. The molecule has 0 aromatic heterocycles. The monoisotopic (exact) mass is 498 g/mol. The molecule has 2 aliphatic rings. The van der Waals surface area contributed by atoms with E-state index in [1.165, 1.54) is 11.1 Å². The minimum absolute atomic E-state index is 0.236. The predicted molar refractivity (Wildman–Crippen MR) is 141 cm³/mol. The summed E-state index contributed by atoms with van der Waals surface area (Å²) in [6, 6.07) is 20.2. The molecule has 0 fully saturated rings. The molecule has 3 aromatic carbocycles. The Morgan fingerprint density at radius 1 is 1.00 bits per heavy atom. The minimum atomic E-state index is -1.05. The summed E-state index contributed by atoms with van der Waals surface area (Å²) in [4.78, 5) is 39.5. The second kappa shape index (κ2) is 10.8. The average Bonchev–Trinajstić information content (AvgIpc) is 3.03. The van der Waals surface area contributed by atoms with Crippen LogP contribution in [0.5, 0.6) is 0 Å². The van der Waals surface area contributed by atoms with Crippen LogP contribution >= 0.6 is 0 Å². The van der Waals surface area contributed by atoms with Crippen molar-refractivity contribution in [3.63, 3.8) is 0 Å². The van der Waals surface area contributed by atoms with Gasteiger partial charge < -0.3 is 26.0 Å². The van der Waals surface area contributed by atoms with Crippen molar-refractivity contribution in [3.05, 3.63) is 94.5 Å². The van der Waals surface area contributed by atoms with Gasteiger partial charge in [-0.05, 0) is 72.0 Å². The summed E-state index contributed by atoms with van der Waals surface area (Å²) >= 11 is 0. The molecule has 2 heterocycles. The zero-order chi connectivity index (χ0) is 25.8. The van der Waals surface area contributed by atoms with Crippen molar-refractivity contribution in [3.8, 4) is 0 Å². The van der Waals surface area contributed by atoms with Crippen LogP contribution in [0, 0.1) is 0 Å². The molecule has 0 bridgehead atoms. The number of nitrogens with zero attached hydrogens (tertiary/aromatic N) is 1. The molecule has 0 spiro atoms. The number of rotatable bonds is 7. The van der Waals surface area contributed by atoms with Gasteiger partial charge in [-0.15, -0.1) is 0 Å². The fraction of sp³-hybridized carbons (Fsp3) is 0.276. The van der Waals surface area contributed by atoms with Gasteiger partial charge >= 0.3 is 5.97 Å². The number of nitrogens with one attached hydrogen (secondary N) is 3. The van der Waals surface area contributed by atoms with Crippen molar-refractivity contribution >= 4 is 29.2 Å². The Morgan fingerprint density at radius 3 is 2.65 bits per heavy atom. The van der Waals surface area contributed by atoms with Gasteiger partial charge in [-0.25, -0.2) is 0 Å². The van der Waals surface area contributed by atoms with Gasteiger partial charge in [0.2, 0.25) is 5.91 Å². The van der Waals surface area contributed by atoms with Crippen LogP contribution in [0.3, 0.4) is 0 Å². The molecule has 1 atom stereocenters. The molecule has 8 nitrogen and oxygen atoms in total. The molecule has 1 unspecified atom stereocenters. The first kappa shape index (κ1) is 24.5. The molecule has 37 heavy (non-hydrogen) atoms. The summed E-state index contributed by atoms with van der Waals surface area (Å²) < 4.78 is 0. The summed E-state index contributed by atoms with van der Waals surface area (Å²) in [5.74, 6) is -1.54. The molecule has 4 N–H and O–H groups in total. The first-order valence-corrected chi connectivity index (χ1v) is 12.5. The Balaban J connectivity index is 1.36. The molecule has 190 valence electrons. The van der Waals surface area contributed by atoms with E-state index in [-0.39, 0.29) is 24.8 Å². The third kappa shape index (κ3) is 5.81. The van der Waals surface area contributed by atoms with E-state index in [0.29, 0.717) is 24.2 Å². The van der Waals surface area contributed by atoms with Gasteiger partial charge in [0.05, 0.1) is 6.42 Å². The van der Waals surface area contributed by atoms with Crippen molar-refractivity contribution in [2.45, 2.75) is 38.4 Å². The number of amides is 2. The highest BCUT2D eigenvalue weighted by Crippen LogP contribution is 2.27. The quantitative estimate of drug-likeness (QED) is 0.397. The molecule has 2 amide bonds. The molecular weight excluding hydrogens is 468 g/mol. The summed E-state index contributed by atoms with van der Waals surface area (Å²) in [5, 5.41) is 18.8. The van der Waals surface area contributed by atoms with E-state index in [0.717, 1.165) is 36.3 Å². The standard InChI is InChI=1S/C29H30N4O4/c34-27(35)16-26-29(37)33(13-11-19-4-2-1-3-5-19)18-23-14-21(7-9-25(23)32-26)28(36)31-24-8-6-20-10-12-30-17-22(20)15-24/h1-9,14-15,26,30,32H,10-13,16-18H2,(H,31,36)(H,34,35). The third-order valence-electron chi connectivity index (χ3n) is 6.91. The lowest BCUT2D eigenvalue weighted by atomic mass is 10.0. The number of fused-ring (bicyclic) bond motifs is 2. The maximum atomic E-state index is 13.3. The maximum Gasteiger partial charge on any atom is 0.305 e. The lowest BCUT2D eigenvalue weighted by Crippen LogP contribution is -2.42. The number of carboxylic acid groups (broad SMARTS) is 1. The SMILES string of the molecule is O=C(O)CC1Nc2ccc(C(=O)Nc3ccc4c(c3)CNCC4)cc2CN(CCc2ccccc2)C1=O. The number of aliphatic carboxylic acids is 1. The van der Waals surface area contributed by atoms with Gasteiger partial charge in [-0.1, -0.05) is 36.4 Å². The highest BCUT2D eigenvalue weighted by Gasteiger charge is 2.31. The molecule has 0 radical (unpaired) electrons. The molecule has 0 saturated carbocycles. The number of carboxylic acids is 1. The van der Waals surface area contributed by atoms with E-state index in [4.69, 9.17) is 0 Å². The van der Waals surface area contributed by atoms with E-state index in [1.54, 1.807) is 23.1 Å². The number of hydrogen-bond donors (Lipinski definition) is 4. The van der Waals surface area contributed by atoms with Crippen molar-refractivity contribution in [2.24, 2.45) is 0 Å². The van der Waals surface area contributed by atoms with Crippen molar-refractivity contribution in [1.29, 1.82) is 0 Å². The number of benzene rings is 3. The molecule has 0 saturated heterocycles. The van der Waals surface area contributed by atoms with Crippen LogP contribution in [0.15, 0.2) is 66.7 Å². The van der Waals surface area contributed by atoms with Gasteiger partial charge in [0.25, 0.3) is 5.91 Å². The summed E-state index contributed by atoms with van der Waals surface area (Å²) in [6.07, 6.45) is 1.30. The van der Waals surface area contributed by atoms with Crippen molar-refractivity contribution < 1.29 is 19.5 Å². The summed E-state index contributed by atoms with van der Waals surface area (Å²) in [6.45, 7) is 2.48. The normalized spacial score (nSPS) is 16.7. The molecule has 8 heteroatoms. The molecular formula is C29H30N4O4. The lowest BCUT2D eigenvalue weighted by Gasteiger charge is -2.24. The van der Waals surface area contributed by atoms with Gasteiger partial charge in [0, 0.05) is 36.6 Å². The van der Waals surface area contributed by atoms with Crippen LogP contribution in [-0.2, 0) is 35.5 Å². The van der Waals surface area contributed by atoms with E-state index < -0.39 is 12.0 Å². The molecule has 3 aromatic rings. The van der Waals surface area contributed by atoms with E-state index in [1.807, 2.05) is 42.5 Å². The fourth-order valence-corrected chi connectivity index (χ4v) is 4.93. The highest BCUT2D eigenvalue weighted by molar-refractivity contribution is 6.05. The zero-order valence-corrected chi connectivity index (χ0v) is 20.5. The average molecular weight is 499 g/mol. The second-order valence-corrected chi connectivity index (χ2v) is 9.53. The minimum Gasteiger partial charge on any atom is -0.481 e. The molecule has 2 aliphatic heterocycles. The van der Waals surface area contributed by atoms with E-state index in [2.05, 4.69) is 22.0 Å². The predicted octanol–water partition coefficient (Wildman–Crippen LogP) is 3.42. The molecule has 5 rings (SSSR count). The van der Waals surface area contributed by atoms with Crippen LogP contribution < -0.4 is 16.0 Å². The van der Waals surface area contributed by atoms with Crippen LogP contribution in [0.25, 0.3) is 0 Å². The van der Waals surface area contributed by atoms with Crippen LogP contribution in [0.1, 0.15) is 39.0 Å². The van der Waals surface area contributed by atoms with E-state index >= 15 is 0 Å². The van der Waals surface area contributed by atoms with Crippen molar-refractivity contribution in [1.82, 2.24) is 10.2 Å². The Hall–Kier alpha value is -4.17. The Kier molecular flexibility index (Phi) is 7.18. The smallest absolute Gasteiger partial charge is 0.305 e. The number of carbonyl (C=O) groups is 3. The molecule has 0 aliphatic carbocycles. The number of hydrogen-bond acceptors (Lipinski definition) is 5. The van der Waals surface area contributed by atoms with Crippen LogP contribution in [-0.4, -0.2) is 46.9 Å². The third-order valence-corrected chi connectivity index (χ3v) is 6.91. The zero-order valence-electron chi connectivity index (χ0n) is 20.5. The fourth-order valence-electron chi connectivity index (χ4n) is 4.93. The van der Waals surface area contributed by atoms with Gasteiger partial charge in [-0.2, -0.15) is 0 Å². The van der Waals surface area contributed by atoms with Crippen LogP contribution in [0.4, 0.5) is 11.4 Å². The maximum absolute atomic E-state index is 13.3. The van der Waals surface area contributed by atoms with Gasteiger partial charge in [0.1, 0.15) is 6.04 Å². The highest BCUT2D eigenvalue weighted by atomic mass is 16.4. The van der Waals surface area contributed by atoms with Crippen molar-refractivity contribution in [2.75, 3.05) is 23.7 Å².